The second-order valence-electron chi connectivity index (χ2n) is 12.5. The summed E-state index contributed by atoms with van der Waals surface area (Å²) in [5, 5.41) is 9.13. The van der Waals surface area contributed by atoms with Crippen molar-refractivity contribution in [2.24, 2.45) is 0 Å². The van der Waals surface area contributed by atoms with Gasteiger partial charge in [-0.15, -0.1) is 69.1 Å². The van der Waals surface area contributed by atoms with Crippen molar-refractivity contribution in [1.82, 2.24) is 9.97 Å². The molecule has 6 heteroatoms. The molecule has 0 saturated heterocycles. The number of nitrogens with zero attached hydrogens (tertiary/aromatic N) is 2. The Kier molecular flexibility index (Phi) is 13.0. The van der Waals surface area contributed by atoms with Crippen molar-refractivity contribution in [3.63, 3.8) is 0 Å². The van der Waals surface area contributed by atoms with Crippen LogP contribution >= 0.6 is 0 Å². The third-order valence-corrected chi connectivity index (χ3v) is 12.1. The monoisotopic (exact) mass is 792 g/mol. The molecular formula is C45H36Cl2N2SiZr-2. The van der Waals surface area contributed by atoms with Gasteiger partial charge in [0.2, 0.25) is 0 Å². The summed E-state index contributed by atoms with van der Waals surface area (Å²) in [6.45, 7) is 6.62. The van der Waals surface area contributed by atoms with E-state index >= 15 is 0 Å². The van der Waals surface area contributed by atoms with Gasteiger partial charge in [0, 0.05) is 23.2 Å². The molecule has 0 saturated carbocycles. The van der Waals surface area contributed by atoms with E-state index in [1.54, 1.807) is 28.5 Å². The molecule has 51 heavy (non-hydrogen) atoms. The number of fused-ring (bicyclic) bond motifs is 4. The van der Waals surface area contributed by atoms with Crippen molar-refractivity contribution < 1.29 is 48.1 Å². The van der Waals surface area contributed by atoms with E-state index in [9.17, 15) is 0 Å². The van der Waals surface area contributed by atoms with E-state index in [1.807, 2.05) is 24.5 Å². The molecule has 250 valence electrons. The molecule has 0 fully saturated rings. The summed E-state index contributed by atoms with van der Waals surface area (Å²) in [6.07, 6.45) is 3.72. The molecule has 0 radical (unpaired) electrons. The summed E-state index contributed by atoms with van der Waals surface area (Å²) >= 11 is 1.69. The first kappa shape index (κ1) is 38.1. The minimum absolute atomic E-state index is 0. The topological polar surface area (TPSA) is 25.8 Å². The Labute approximate surface area is 327 Å². The smallest absolute Gasteiger partial charge is 0.0772 e. The van der Waals surface area contributed by atoms with Crippen LogP contribution in [0.3, 0.4) is 0 Å². The first-order valence-electron chi connectivity index (χ1n) is 16.6. The Morgan fingerprint density at radius 2 is 0.941 bits per heavy atom. The molecule has 2 heterocycles. The summed E-state index contributed by atoms with van der Waals surface area (Å²) in [5.74, 6) is 0. The Hall–Kier alpha value is -4.18. The standard InChI is InChI=1S/2C19H14N.C7H8Si.2ClH.Zr/c2*1-13-10-15-7-8-16(12-17(15)11-13)18-6-2-4-14-5-3-9-20-19(14)18;1-8-7-5-3-2-4-6-7;;;/h2*2-12H,1H3;2-6H,1H3;2*1H;/q2*-1;;;;+2/p-2. The van der Waals surface area contributed by atoms with Crippen molar-refractivity contribution >= 4 is 54.0 Å². The SMILES string of the molecule is C[Si](=[Zr+2])c1ccccc1.Cc1cc2ccc(-c3cccc4cccnc34)cc2[cH-]1.Cc1cc2ccc(-c3cccc4cccnc34)cc2[cH-]1.[Cl-].[Cl-]. The van der Waals surface area contributed by atoms with Gasteiger partial charge in [-0.25, -0.2) is 0 Å². The number of pyridine rings is 2. The van der Waals surface area contributed by atoms with Crippen molar-refractivity contribution in [3.8, 4) is 22.3 Å². The molecule has 0 aliphatic rings. The number of aromatic nitrogens is 2. The maximum Gasteiger partial charge on any atom is 0.0772 e. The molecule has 9 rings (SSSR count). The van der Waals surface area contributed by atoms with E-state index in [2.05, 4.69) is 170 Å². The van der Waals surface area contributed by atoms with E-state index in [1.165, 1.54) is 65.7 Å². The molecule has 0 amide bonds. The summed E-state index contributed by atoms with van der Waals surface area (Å²) in [4.78, 5) is 9.09. The van der Waals surface area contributed by atoms with Crippen molar-refractivity contribution in [3.05, 3.63) is 175 Å². The minimum Gasteiger partial charge on any atom is -1.00 e. The van der Waals surface area contributed by atoms with Gasteiger partial charge in [-0.3, -0.25) is 9.97 Å². The van der Waals surface area contributed by atoms with Crippen LogP contribution in [0.4, 0.5) is 0 Å². The van der Waals surface area contributed by atoms with Gasteiger partial charge in [0.1, 0.15) is 0 Å². The third kappa shape index (κ3) is 8.83. The minimum atomic E-state index is -0.122. The van der Waals surface area contributed by atoms with Crippen LogP contribution < -0.4 is 30.0 Å². The molecule has 0 atom stereocenters. The molecule has 0 spiro atoms. The van der Waals surface area contributed by atoms with Crippen LogP contribution in [0.25, 0.3) is 65.6 Å². The zero-order valence-corrected chi connectivity index (χ0v) is 33.7. The summed E-state index contributed by atoms with van der Waals surface area (Å²) < 4.78 is 0. The molecule has 0 N–H and O–H groups in total. The number of halogens is 2. The number of benzene rings is 5. The zero-order valence-electron chi connectivity index (χ0n) is 28.7. The van der Waals surface area contributed by atoms with Gasteiger partial charge in [0.25, 0.3) is 0 Å². The van der Waals surface area contributed by atoms with Crippen molar-refractivity contribution in [1.29, 1.82) is 0 Å². The maximum atomic E-state index is 4.54. The van der Waals surface area contributed by atoms with Crippen LogP contribution in [0.2, 0.25) is 6.55 Å². The molecule has 9 aromatic rings. The van der Waals surface area contributed by atoms with Crippen LogP contribution in [0.5, 0.6) is 0 Å². The van der Waals surface area contributed by atoms with Crippen LogP contribution in [0, 0.1) is 13.8 Å². The Bertz CT molecular complexity index is 2410. The van der Waals surface area contributed by atoms with Gasteiger partial charge in [0.15, 0.2) is 0 Å². The fourth-order valence-electron chi connectivity index (χ4n) is 6.42. The third-order valence-electron chi connectivity index (χ3n) is 8.80. The van der Waals surface area contributed by atoms with Gasteiger partial charge in [-0.05, 0) is 23.3 Å². The second kappa shape index (κ2) is 17.4. The van der Waals surface area contributed by atoms with Gasteiger partial charge >= 0.3 is 70.8 Å². The predicted molar refractivity (Wildman–Crippen MR) is 208 cm³/mol. The number of aryl methyl sites for hydroxylation is 2. The van der Waals surface area contributed by atoms with Gasteiger partial charge in [0.05, 0.1) is 11.0 Å². The summed E-state index contributed by atoms with van der Waals surface area (Å²) in [7, 11) is 0. The number of hydrogen-bond donors (Lipinski definition) is 0. The number of rotatable bonds is 3. The summed E-state index contributed by atoms with van der Waals surface area (Å²) in [6, 6.07) is 53.8. The summed E-state index contributed by atoms with van der Waals surface area (Å²) in [5.41, 5.74) is 9.49. The predicted octanol–water partition coefficient (Wildman–Crippen LogP) is 5.23. The van der Waals surface area contributed by atoms with Gasteiger partial charge in [-0.2, -0.15) is 12.1 Å². The van der Waals surface area contributed by atoms with Crippen molar-refractivity contribution in [2.45, 2.75) is 20.4 Å². The van der Waals surface area contributed by atoms with E-state index in [0.29, 0.717) is 0 Å². The van der Waals surface area contributed by atoms with Crippen LogP contribution in [0.1, 0.15) is 11.1 Å². The van der Waals surface area contributed by atoms with Crippen LogP contribution in [0.15, 0.2) is 164 Å². The average molecular weight is 795 g/mol. The Balaban J connectivity index is 0.000000156. The first-order chi connectivity index (χ1) is 23.9. The normalized spacial score (nSPS) is 10.5. The fourth-order valence-corrected chi connectivity index (χ4v) is 8.35. The Morgan fingerprint density at radius 3 is 1.37 bits per heavy atom. The van der Waals surface area contributed by atoms with Crippen LogP contribution in [-0.2, 0) is 23.3 Å². The molecule has 0 aliphatic carbocycles. The molecule has 0 aliphatic heterocycles. The largest absolute Gasteiger partial charge is 1.00 e. The van der Waals surface area contributed by atoms with E-state index in [0.717, 1.165) is 11.0 Å². The van der Waals surface area contributed by atoms with E-state index in [-0.39, 0.29) is 30.2 Å². The van der Waals surface area contributed by atoms with Gasteiger partial charge < -0.3 is 24.8 Å². The maximum absolute atomic E-state index is 4.54. The molecular weight excluding hydrogens is 759 g/mol. The molecule has 7 aromatic carbocycles. The van der Waals surface area contributed by atoms with Crippen molar-refractivity contribution in [2.75, 3.05) is 0 Å². The average Bonchev–Trinajstić information content (AvgIpc) is 3.71. The molecule has 2 aromatic heterocycles. The molecule has 2 nitrogen and oxygen atoms in total. The molecule has 0 bridgehead atoms. The van der Waals surface area contributed by atoms with E-state index < -0.39 is 0 Å². The number of hydrogen-bond acceptors (Lipinski definition) is 2. The zero-order chi connectivity index (χ0) is 33.7. The van der Waals surface area contributed by atoms with E-state index in [4.69, 9.17) is 0 Å². The van der Waals surface area contributed by atoms with Gasteiger partial charge in [-0.1, -0.05) is 85.6 Å². The fraction of sp³-hybridized carbons (Fsp3) is 0.0667. The Morgan fingerprint density at radius 1 is 0.490 bits per heavy atom. The quantitative estimate of drug-likeness (QED) is 0.181. The van der Waals surface area contributed by atoms with Crippen LogP contribution in [-0.4, -0.2) is 15.4 Å². The number of para-hydroxylation sites is 2. The first-order valence-corrected chi connectivity index (χ1v) is 22.2. The molecule has 0 unspecified atom stereocenters. The second-order valence-corrected chi connectivity index (χ2v) is 19.9.